The number of nitrogens with zero attached hydrogens (tertiary/aromatic N) is 3. The first-order valence-electron chi connectivity index (χ1n) is 9.61. The van der Waals surface area contributed by atoms with Crippen LogP contribution < -0.4 is 10.3 Å². The molecule has 30 heavy (non-hydrogen) atoms. The van der Waals surface area contributed by atoms with Crippen LogP contribution in [-0.2, 0) is 4.74 Å². The fourth-order valence-electron chi connectivity index (χ4n) is 3.57. The van der Waals surface area contributed by atoms with Crippen LogP contribution in [-0.4, -0.2) is 31.3 Å². The summed E-state index contributed by atoms with van der Waals surface area (Å²) in [6, 6.07) is 18.2. The standard InChI is InChI=1S/C23H17N3O4/c24-14-18-23(26-9-11-28-12-10-26)30-22(25-18)17-8-4-7-16-19(27)13-20(29-21(16)17)15-5-2-1-3-6-15/h1-8,13H,9-12H2. The number of benzene rings is 2. The first kappa shape index (κ1) is 18.2. The maximum absolute atomic E-state index is 12.7. The van der Waals surface area contributed by atoms with Gasteiger partial charge in [-0.1, -0.05) is 36.4 Å². The lowest BCUT2D eigenvalue weighted by Gasteiger charge is -2.25. The van der Waals surface area contributed by atoms with Crippen molar-refractivity contribution in [1.82, 2.24) is 4.98 Å². The number of hydrogen-bond acceptors (Lipinski definition) is 7. The van der Waals surface area contributed by atoms with Crippen LogP contribution in [0, 0.1) is 11.3 Å². The molecule has 1 saturated heterocycles. The van der Waals surface area contributed by atoms with Crippen molar-refractivity contribution in [2.75, 3.05) is 31.2 Å². The minimum atomic E-state index is -0.155. The molecule has 1 aliphatic heterocycles. The summed E-state index contributed by atoms with van der Waals surface area (Å²) in [5.74, 6) is 1.11. The van der Waals surface area contributed by atoms with Crippen molar-refractivity contribution in [3.63, 3.8) is 0 Å². The van der Waals surface area contributed by atoms with Crippen molar-refractivity contribution >= 4 is 16.9 Å². The third-order valence-electron chi connectivity index (χ3n) is 5.06. The van der Waals surface area contributed by atoms with Crippen LogP contribution in [0.3, 0.4) is 0 Å². The lowest BCUT2D eigenvalue weighted by Crippen LogP contribution is -2.36. The summed E-state index contributed by atoms with van der Waals surface area (Å²) in [4.78, 5) is 19.1. The van der Waals surface area contributed by atoms with Crippen LogP contribution in [0.1, 0.15) is 5.69 Å². The molecule has 0 unspecified atom stereocenters. The van der Waals surface area contributed by atoms with Gasteiger partial charge in [0.25, 0.3) is 0 Å². The maximum Gasteiger partial charge on any atom is 0.235 e. The van der Waals surface area contributed by atoms with E-state index in [1.54, 1.807) is 18.2 Å². The second kappa shape index (κ2) is 7.50. The molecular formula is C23H17N3O4. The molecule has 2 aromatic heterocycles. The molecule has 148 valence electrons. The Labute approximate surface area is 171 Å². The van der Waals surface area contributed by atoms with Crippen molar-refractivity contribution < 1.29 is 13.6 Å². The zero-order valence-electron chi connectivity index (χ0n) is 16.0. The number of nitriles is 1. The maximum atomic E-state index is 12.7. The minimum Gasteiger partial charge on any atom is -0.455 e. The number of oxazole rings is 1. The molecule has 1 aliphatic rings. The molecule has 0 saturated carbocycles. The van der Waals surface area contributed by atoms with E-state index >= 15 is 0 Å². The summed E-state index contributed by atoms with van der Waals surface area (Å²) in [5.41, 5.74) is 1.75. The van der Waals surface area contributed by atoms with Gasteiger partial charge in [-0.2, -0.15) is 10.2 Å². The molecule has 0 N–H and O–H groups in total. The van der Waals surface area contributed by atoms with E-state index in [4.69, 9.17) is 13.6 Å². The van der Waals surface area contributed by atoms with Gasteiger partial charge in [-0.15, -0.1) is 0 Å². The summed E-state index contributed by atoms with van der Waals surface area (Å²) in [6.45, 7) is 2.35. The quantitative estimate of drug-likeness (QED) is 0.517. The van der Waals surface area contributed by atoms with Crippen molar-refractivity contribution in [2.24, 2.45) is 0 Å². The predicted molar refractivity (Wildman–Crippen MR) is 111 cm³/mol. The average molecular weight is 399 g/mol. The third kappa shape index (κ3) is 3.13. The molecule has 1 fully saturated rings. The van der Waals surface area contributed by atoms with Crippen molar-refractivity contribution in [3.05, 3.63) is 70.5 Å². The van der Waals surface area contributed by atoms with E-state index in [9.17, 15) is 10.1 Å². The molecule has 0 amide bonds. The fourth-order valence-corrected chi connectivity index (χ4v) is 3.57. The molecule has 5 rings (SSSR count). The van der Waals surface area contributed by atoms with E-state index in [2.05, 4.69) is 11.1 Å². The first-order chi connectivity index (χ1) is 14.7. The van der Waals surface area contributed by atoms with Crippen molar-refractivity contribution in [1.29, 1.82) is 5.26 Å². The van der Waals surface area contributed by atoms with E-state index in [1.807, 2.05) is 35.2 Å². The van der Waals surface area contributed by atoms with Crippen LogP contribution in [0.5, 0.6) is 0 Å². The van der Waals surface area contributed by atoms with E-state index in [0.717, 1.165) is 5.56 Å². The number of rotatable bonds is 3. The summed E-state index contributed by atoms with van der Waals surface area (Å²) in [6.07, 6.45) is 0. The second-order valence-electron chi connectivity index (χ2n) is 6.91. The summed E-state index contributed by atoms with van der Waals surface area (Å²) < 4.78 is 17.5. The fraction of sp³-hybridized carbons (Fsp3) is 0.174. The smallest absolute Gasteiger partial charge is 0.235 e. The minimum absolute atomic E-state index is 0.155. The number of para-hydroxylation sites is 1. The summed E-state index contributed by atoms with van der Waals surface area (Å²) >= 11 is 0. The molecule has 0 spiro atoms. The number of ether oxygens (including phenoxy) is 1. The van der Waals surface area contributed by atoms with E-state index in [0.29, 0.717) is 54.5 Å². The average Bonchev–Trinajstić information content (AvgIpc) is 3.24. The zero-order valence-corrected chi connectivity index (χ0v) is 16.0. The molecular weight excluding hydrogens is 382 g/mol. The van der Waals surface area contributed by atoms with Gasteiger partial charge in [0, 0.05) is 24.7 Å². The Kier molecular flexibility index (Phi) is 4.54. The van der Waals surface area contributed by atoms with Gasteiger partial charge in [-0.25, -0.2) is 0 Å². The highest BCUT2D eigenvalue weighted by atomic mass is 16.5. The molecule has 4 aromatic rings. The Morgan fingerprint density at radius 3 is 2.57 bits per heavy atom. The van der Waals surface area contributed by atoms with Crippen molar-refractivity contribution in [3.8, 4) is 28.8 Å². The first-order valence-corrected chi connectivity index (χ1v) is 9.61. The van der Waals surface area contributed by atoms with Gasteiger partial charge in [-0.05, 0) is 12.1 Å². The van der Waals surface area contributed by atoms with Crippen molar-refractivity contribution in [2.45, 2.75) is 0 Å². The molecule has 0 atom stereocenters. The van der Waals surface area contributed by atoms with Gasteiger partial charge in [0.1, 0.15) is 11.8 Å². The summed E-state index contributed by atoms with van der Waals surface area (Å²) in [5, 5.41) is 9.98. The third-order valence-corrected chi connectivity index (χ3v) is 5.06. The normalized spacial score (nSPS) is 14.0. The van der Waals surface area contributed by atoms with Crippen LogP contribution in [0.25, 0.3) is 33.7 Å². The Morgan fingerprint density at radius 1 is 1.00 bits per heavy atom. The number of morpholine rings is 1. The molecule has 2 aromatic carbocycles. The van der Waals surface area contributed by atoms with Gasteiger partial charge in [-0.3, -0.25) is 4.79 Å². The Morgan fingerprint density at radius 2 is 1.80 bits per heavy atom. The Hall–Kier alpha value is -3.89. The predicted octanol–water partition coefficient (Wildman–Crippen LogP) is 3.82. The molecule has 0 radical (unpaired) electrons. The SMILES string of the molecule is N#Cc1nc(-c2cccc3c(=O)cc(-c4ccccc4)oc23)oc1N1CCOCC1. The van der Waals surface area contributed by atoms with E-state index in [-0.39, 0.29) is 17.0 Å². The van der Waals surface area contributed by atoms with E-state index < -0.39 is 0 Å². The Balaban J connectivity index is 1.68. The van der Waals surface area contributed by atoms with E-state index in [1.165, 1.54) is 6.07 Å². The zero-order chi connectivity index (χ0) is 20.5. The molecule has 7 heteroatoms. The van der Waals surface area contributed by atoms with Gasteiger partial charge in [0.15, 0.2) is 11.0 Å². The highest BCUT2D eigenvalue weighted by Crippen LogP contribution is 2.33. The second-order valence-corrected chi connectivity index (χ2v) is 6.91. The monoisotopic (exact) mass is 399 g/mol. The van der Waals surface area contributed by atoms with Crippen LogP contribution in [0.15, 0.2) is 68.2 Å². The topological polar surface area (TPSA) is 92.5 Å². The number of aromatic nitrogens is 1. The highest BCUT2D eigenvalue weighted by molar-refractivity contribution is 5.91. The summed E-state index contributed by atoms with van der Waals surface area (Å²) in [7, 11) is 0. The largest absolute Gasteiger partial charge is 0.455 e. The number of fused-ring (bicyclic) bond motifs is 1. The van der Waals surface area contributed by atoms with Gasteiger partial charge in [0.05, 0.1) is 24.2 Å². The van der Waals surface area contributed by atoms with Gasteiger partial charge >= 0.3 is 0 Å². The lowest BCUT2D eigenvalue weighted by atomic mass is 10.1. The Bertz CT molecular complexity index is 1310. The van der Waals surface area contributed by atoms with Gasteiger partial charge < -0.3 is 18.5 Å². The number of anilines is 1. The van der Waals surface area contributed by atoms with Crippen LogP contribution in [0.4, 0.5) is 5.88 Å². The van der Waals surface area contributed by atoms with Crippen LogP contribution in [0.2, 0.25) is 0 Å². The number of hydrogen-bond donors (Lipinski definition) is 0. The lowest BCUT2D eigenvalue weighted by molar-refractivity contribution is 0.121. The molecule has 7 nitrogen and oxygen atoms in total. The molecule has 0 bridgehead atoms. The highest BCUT2D eigenvalue weighted by Gasteiger charge is 2.24. The van der Waals surface area contributed by atoms with Gasteiger partial charge in [0.2, 0.25) is 17.5 Å². The molecule has 3 heterocycles. The molecule has 0 aliphatic carbocycles. The van der Waals surface area contributed by atoms with Crippen LogP contribution >= 0.6 is 0 Å².